The number of halogens is 1. The number of rotatable bonds is 1. The highest BCUT2D eigenvalue weighted by molar-refractivity contribution is 5.07. The first-order valence-corrected chi connectivity index (χ1v) is 4.64. The smallest absolute Gasteiger partial charge is 0.144 e. The van der Waals surface area contributed by atoms with Gasteiger partial charge in [0.15, 0.2) is 0 Å². The maximum Gasteiger partial charge on any atom is 0.144 e. The molecule has 0 aromatic carbocycles. The highest BCUT2D eigenvalue weighted by atomic mass is 19.1. The summed E-state index contributed by atoms with van der Waals surface area (Å²) in [6.07, 6.45) is 1.86. The van der Waals surface area contributed by atoms with Gasteiger partial charge in [-0.15, -0.1) is 0 Å². The van der Waals surface area contributed by atoms with Gasteiger partial charge in [-0.1, -0.05) is 0 Å². The summed E-state index contributed by atoms with van der Waals surface area (Å²) in [5.41, 5.74) is 1.12. The van der Waals surface area contributed by atoms with Crippen LogP contribution in [0.5, 0.6) is 0 Å². The van der Waals surface area contributed by atoms with Gasteiger partial charge in [0.1, 0.15) is 6.17 Å². The van der Waals surface area contributed by atoms with Gasteiger partial charge in [0.2, 0.25) is 0 Å². The van der Waals surface area contributed by atoms with E-state index in [1.54, 1.807) is 0 Å². The van der Waals surface area contributed by atoms with E-state index in [1.165, 1.54) is 0 Å². The lowest BCUT2D eigenvalue weighted by Crippen LogP contribution is -2.31. The average molecular weight is 183 g/mol. The van der Waals surface area contributed by atoms with E-state index in [9.17, 15) is 4.39 Å². The number of aryl methyl sites for hydroxylation is 1. The number of aromatic nitrogens is 1. The fourth-order valence-electron chi connectivity index (χ4n) is 1.86. The number of hydrogen-bond acceptors (Lipinski definition) is 1. The predicted octanol–water partition coefficient (Wildman–Crippen LogP) is 2.10. The van der Waals surface area contributed by atoms with E-state index in [1.807, 2.05) is 29.8 Å². The molecule has 1 aliphatic rings. The molecule has 1 aliphatic heterocycles. The first-order chi connectivity index (χ1) is 6.29. The molecule has 1 aromatic rings. The largest absolute Gasteiger partial charge is 0.378 e. The molecule has 1 fully saturated rings. The Bertz CT molecular complexity index is 284. The predicted molar refractivity (Wildman–Crippen MR) is 48.5 cm³/mol. The van der Waals surface area contributed by atoms with Crippen molar-refractivity contribution in [2.45, 2.75) is 25.6 Å². The average Bonchev–Trinajstić information content (AvgIpc) is 2.52. The minimum atomic E-state index is -0.861. The van der Waals surface area contributed by atoms with Crippen LogP contribution in [0, 0.1) is 6.92 Å². The Kier molecular flexibility index (Phi) is 2.36. The molecule has 2 atom stereocenters. The molecule has 2 rings (SSSR count). The van der Waals surface area contributed by atoms with Gasteiger partial charge in [-0.05, 0) is 25.5 Å². The van der Waals surface area contributed by atoms with Crippen LogP contribution in [0.25, 0.3) is 0 Å². The summed E-state index contributed by atoms with van der Waals surface area (Å²) >= 11 is 0. The number of ether oxygens (including phenoxy) is 1. The standard InChI is InChI=1S/C10H14FNO/c1-8-3-2-5-12(8)10-4-6-13-7-9(10)11/h2-3,5,9-10H,4,6-7H2,1H3. The topological polar surface area (TPSA) is 14.2 Å². The Morgan fingerprint density at radius 1 is 1.62 bits per heavy atom. The van der Waals surface area contributed by atoms with Crippen molar-refractivity contribution in [3.05, 3.63) is 24.0 Å². The summed E-state index contributed by atoms with van der Waals surface area (Å²) < 4.78 is 20.5. The molecule has 0 N–H and O–H groups in total. The van der Waals surface area contributed by atoms with Crippen molar-refractivity contribution < 1.29 is 9.13 Å². The van der Waals surface area contributed by atoms with Gasteiger partial charge < -0.3 is 9.30 Å². The summed E-state index contributed by atoms with van der Waals surface area (Å²) in [7, 11) is 0. The molecule has 13 heavy (non-hydrogen) atoms. The van der Waals surface area contributed by atoms with E-state index in [0.29, 0.717) is 6.61 Å². The summed E-state index contributed by atoms with van der Waals surface area (Å²) in [4.78, 5) is 0. The maximum absolute atomic E-state index is 13.4. The minimum Gasteiger partial charge on any atom is -0.378 e. The zero-order chi connectivity index (χ0) is 9.26. The lowest BCUT2D eigenvalue weighted by molar-refractivity contribution is 0.00294. The van der Waals surface area contributed by atoms with Crippen LogP contribution >= 0.6 is 0 Å². The third-order valence-corrected chi connectivity index (χ3v) is 2.60. The zero-order valence-corrected chi connectivity index (χ0v) is 7.74. The molecule has 1 aromatic heterocycles. The molecule has 2 heterocycles. The lowest BCUT2D eigenvalue weighted by Gasteiger charge is -2.28. The molecule has 2 unspecified atom stereocenters. The second-order valence-corrected chi connectivity index (χ2v) is 3.50. The summed E-state index contributed by atoms with van der Waals surface area (Å²) in [5.74, 6) is 0. The van der Waals surface area contributed by atoms with Gasteiger partial charge in [-0.25, -0.2) is 4.39 Å². The fraction of sp³-hybridized carbons (Fsp3) is 0.600. The Morgan fingerprint density at radius 2 is 2.46 bits per heavy atom. The molecule has 2 nitrogen and oxygen atoms in total. The molecule has 1 saturated heterocycles. The van der Waals surface area contributed by atoms with Crippen molar-refractivity contribution in [1.82, 2.24) is 4.57 Å². The fourth-order valence-corrected chi connectivity index (χ4v) is 1.86. The molecule has 0 amide bonds. The number of hydrogen-bond donors (Lipinski definition) is 0. The van der Waals surface area contributed by atoms with Crippen molar-refractivity contribution in [1.29, 1.82) is 0 Å². The third-order valence-electron chi connectivity index (χ3n) is 2.60. The first-order valence-electron chi connectivity index (χ1n) is 4.64. The van der Waals surface area contributed by atoms with Crippen LogP contribution in [0.3, 0.4) is 0 Å². The quantitative estimate of drug-likeness (QED) is 0.650. The molecular formula is C10H14FNO. The van der Waals surface area contributed by atoms with E-state index in [-0.39, 0.29) is 12.6 Å². The molecule has 0 radical (unpaired) electrons. The van der Waals surface area contributed by atoms with Crippen LogP contribution in [0.4, 0.5) is 4.39 Å². The van der Waals surface area contributed by atoms with Crippen molar-refractivity contribution in [3.8, 4) is 0 Å². The van der Waals surface area contributed by atoms with Gasteiger partial charge in [-0.3, -0.25) is 0 Å². The van der Waals surface area contributed by atoms with E-state index >= 15 is 0 Å². The highest BCUT2D eigenvalue weighted by Crippen LogP contribution is 2.25. The van der Waals surface area contributed by atoms with Crippen LogP contribution in [0.2, 0.25) is 0 Å². The Labute approximate surface area is 77.3 Å². The summed E-state index contributed by atoms with van der Waals surface area (Å²) in [6, 6.07) is 3.93. The van der Waals surface area contributed by atoms with E-state index in [4.69, 9.17) is 4.74 Å². The monoisotopic (exact) mass is 183 g/mol. The molecule has 0 bridgehead atoms. The van der Waals surface area contributed by atoms with Crippen LogP contribution in [-0.2, 0) is 4.74 Å². The number of nitrogens with zero attached hydrogens (tertiary/aromatic N) is 1. The SMILES string of the molecule is Cc1cccn1C1CCOCC1F. The van der Waals surface area contributed by atoms with E-state index in [0.717, 1.165) is 12.1 Å². The van der Waals surface area contributed by atoms with Crippen molar-refractivity contribution in [2.24, 2.45) is 0 Å². The lowest BCUT2D eigenvalue weighted by atomic mass is 10.1. The molecule has 0 saturated carbocycles. The van der Waals surface area contributed by atoms with Gasteiger partial charge in [0.25, 0.3) is 0 Å². The van der Waals surface area contributed by atoms with E-state index < -0.39 is 6.17 Å². The normalized spacial score (nSPS) is 29.1. The maximum atomic E-state index is 13.4. The molecular weight excluding hydrogens is 169 g/mol. The summed E-state index contributed by atoms with van der Waals surface area (Å²) in [6.45, 7) is 2.91. The Hall–Kier alpha value is -0.830. The van der Waals surface area contributed by atoms with Crippen molar-refractivity contribution in [2.75, 3.05) is 13.2 Å². The van der Waals surface area contributed by atoms with Crippen LogP contribution in [0.1, 0.15) is 18.2 Å². The van der Waals surface area contributed by atoms with Crippen LogP contribution in [0.15, 0.2) is 18.3 Å². The number of alkyl halides is 1. The zero-order valence-electron chi connectivity index (χ0n) is 7.74. The Morgan fingerprint density at radius 3 is 3.08 bits per heavy atom. The molecule has 0 spiro atoms. The van der Waals surface area contributed by atoms with Gasteiger partial charge >= 0.3 is 0 Å². The minimum absolute atomic E-state index is 0.0243. The van der Waals surface area contributed by atoms with Gasteiger partial charge in [-0.2, -0.15) is 0 Å². The Balaban J connectivity index is 2.19. The van der Waals surface area contributed by atoms with Crippen LogP contribution < -0.4 is 0 Å². The van der Waals surface area contributed by atoms with Gasteiger partial charge in [0, 0.05) is 18.5 Å². The van der Waals surface area contributed by atoms with Crippen molar-refractivity contribution in [3.63, 3.8) is 0 Å². The van der Waals surface area contributed by atoms with E-state index in [2.05, 4.69) is 0 Å². The second-order valence-electron chi connectivity index (χ2n) is 3.50. The van der Waals surface area contributed by atoms with Crippen LogP contribution in [-0.4, -0.2) is 24.0 Å². The van der Waals surface area contributed by atoms with Crippen molar-refractivity contribution >= 4 is 0 Å². The first kappa shape index (κ1) is 8.75. The second kappa shape index (κ2) is 3.50. The summed E-state index contributed by atoms with van der Waals surface area (Å²) in [5, 5.41) is 0. The highest BCUT2D eigenvalue weighted by Gasteiger charge is 2.26. The molecule has 3 heteroatoms. The van der Waals surface area contributed by atoms with Gasteiger partial charge in [0.05, 0.1) is 12.6 Å². The third kappa shape index (κ3) is 1.61. The molecule has 0 aliphatic carbocycles. The molecule has 72 valence electrons.